The molecule has 0 radical (unpaired) electrons. The first-order valence-electron chi connectivity index (χ1n) is 7.26. The zero-order chi connectivity index (χ0) is 14.7. The first kappa shape index (κ1) is 16.2. The van der Waals surface area contributed by atoms with Gasteiger partial charge < -0.3 is 9.73 Å². The number of nitrogens with one attached hydrogen (secondary N) is 1. The van der Waals surface area contributed by atoms with E-state index in [4.69, 9.17) is 4.42 Å². The lowest BCUT2D eigenvalue weighted by Gasteiger charge is -2.26. The molecule has 3 nitrogen and oxygen atoms in total. The van der Waals surface area contributed by atoms with Crippen LogP contribution in [0.1, 0.15) is 60.1 Å². The molecule has 0 bridgehead atoms. The third-order valence-corrected chi connectivity index (χ3v) is 3.58. The predicted molar refractivity (Wildman–Crippen MR) is 80.3 cm³/mol. The summed E-state index contributed by atoms with van der Waals surface area (Å²) in [5.74, 6) is 2.43. The van der Waals surface area contributed by atoms with E-state index in [2.05, 4.69) is 58.8 Å². The van der Waals surface area contributed by atoms with Gasteiger partial charge in [-0.05, 0) is 32.1 Å². The van der Waals surface area contributed by atoms with Crippen LogP contribution in [0.25, 0.3) is 0 Å². The van der Waals surface area contributed by atoms with Crippen LogP contribution in [0.4, 0.5) is 0 Å². The number of hydrogen-bond donors (Lipinski definition) is 1. The maximum Gasteiger partial charge on any atom is 0.195 e. The summed E-state index contributed by atoms with van der Waals surface area (Å²) in [6, 6.07) is 0. The Balaban J connectivity index is 2.45. The number of nitrogens with zero attached hydrogens (tertiary/aromatic N) is 1. The lowest BCUT2D eigenvalue weighted by molar-refractivity contribution is 0.246. The van der Waals surface area contributed by atoms with Crippen molar-refractivity contribution in [3.63, 3.8) is 0 Å². The molecule has 1 N–H and O–H groups in total. The van der Waals surface area contributed by atoms with Crippen molar-refractivity contribution in [2.75, 3.05) is 6.54 Å². The fourth-order valence-electron chi connectivity index (χ4n) is 1.71. The summed E-state index contributed by atoms with van der Waals surface area (Å²) >= 11 is 0. The quantitative estimate of drug-likeness (QED) is 0.880. The van der Waals surface area contributed by atoms with Crippen LogP contribution in [-0.2, 0) is 12.8 Å². The molecule has 0 saturated carbocycles. The second kappa shape index (κ2) is 6.08. The lowest BCUT2D eigenvalue weighted by atomic mass is 9.80. The summed E-state index contributed by atoms with van der Waals surface area (Å²) in [5.41, 5.74) is 0.455. The maximum absolute atomic E-state index is 5.81. The molecule has 0 saturated heterocycles. The second-order valence-corrected chi connectivity index (χ2v) is 7.62. The Kier molecular flexibility index (Phi) is 5.19. The highest BCUT2D eigenvalue weighted by molar-refractivity contribution is 4.97. The SMILES string of the molecule is CC(Cc1cnc(CCNC(C)(C)C)o1)C(C)(C)C. The molecule has 1 rings (SSSR count). The molecule has 1 unspecified atom stereocenters. The number of hydrogen-bond acceptors (Lipinski definition) is 3. The highest BCUT2D eigenvalue weighted by atomic mass is 16.4. The van der Waals surface area contributed by atoms with Gasteiger partial charge in [0.05, 0.1) is 6.20 Å². The smallest absolute Gasteiger partial charge is 0.195 e. The van der Waals surface area contributed by atoms with E-state index in [-0.39, 0.29) is 5.54 Å². The monoisotopic (exact) mass is 266 g/mol. The van der Waals surface area contributed by atoms with Crippen molar-refractivity contribution >= 4 is 0 Å². The molecule has 1 heterocycles. The Bertz CT molecular complexity index is 382. The molecule has 110 valence electrons. The van der Waals surface area contributed by atoms with E-state index >= 15 is 0 Å². The molecule has 0 aliphatic rings. The predicted octanol–water partition coefficient (Wildman–Crippen LogP) is 3.83. The van der Waals surface area contributed by atoms with Crippen LogP contribution in [0, 0.1) is 11.3 Å². The minimum absolute atomic E-state index is 0.149. The Morgan fingerprint density at radius 1 is 1.21 bits per heavy atom. The van der Waals surface area contributed by atoms with Gasteiger partial charge in [0.25, 0.3) is 0 Å². The van der Waals surface area contributed by atoms with E-state index in [1.807, 2.05) is 6.20 Å². The van der Waals surface area contributed by atoms with Gasteiger partial charge in [-0.15, -0.1) is 0 Å². The summed E-state index contributed by atoms with van der Waals surface area (Å²) < 4.78 is 5.81. The third kappa shape index (κ3) is 6.24. The van der Waals surface area contributed by atoms with Gasteiger partial charge in [0.2, 0.25) is 0 Å². The van der Waals surface area contributed by atoms with Gasteiger partial charge in [0, 0.05) is 24.9 Å². The highest BCUT2D eigenvalue weighted by Crippen LogP contribution is 2.28. The van der Waals surface area contributed by atoms with Crippen molar-refractivity contribution in [2.45, 2.75) is 66.8 Å². The fourth-order valence-corrected chi connectivity index (χ4v) is 1.71. The molecule has 1 aromatic rings. The summed E-state index contributed by atoms with van der Waals surface area (Å²) in [6.07, 6.45) is 3.69. The number of rotatable bonds is 5. The van der Waals surface area contributed by atoms with Crippen LogP contribution in [0.3, 0.4) is 0 Å². The largest absolute Gasteiger partial charge is 0.446 e. The molecule has 1 atom stereocenters. The molecule has 0 spiro atoms. The molecule has 1 aromatic heterocycles. The zero-order valence-corrected chi connectivity index (χ0v) is 13.6. The van der Waals surface area contributed by atoms with Gasteiger partial charge in [-0.1, -0.05) is 27.7 Å². The minimum Gasteiger partial charge on any atom is -0.446 e. The second-order valence-electron chi connectivity index (χ2n) is 7.62. The van der Waals surface area contributed by atoms with Crippen LogP contribution in [0.15, 0.2) is 10.6 Å². The van der Waals surface area contributed by atoms with Crippen molar-refractivity contribution in [3.05, 3.63) is 17.8 Å². The highest BCUT2D eigenvalue weighted by Gasteiger charge is 2.21. The summed E-state index contributed by atoms with van der Waals surface area (Å²) in [6.45, 7) is 16.5. The van der Waals surface area contributed by atoms with Crippen LogP contribution < -0.4 is 5.32 Å². The molecule has 3 heteroatoms. The van der Waals surface area contributed by atoms with E-state index in [1.54, 1.807) is 0 Å². The average Bonchev–Trinajstić information content (AvgIpc) is 2.62. The lowest BCUT2D eigenvalue weighted by Crippen LogP contribution is -2.37. The van der Waals surface area contributed by atoms with Crippen molar-refractivity contribution < 1.29 is 4.42 Å². The number of aromatic nitrogens is 1. The summed E-state index contributed by atoms with van der Waals surface area (Å²) in [7, 11) is 0. The molecule has 19 heavy (non-hydrogen) atoms. The molecule has 0 aromatic carbocycles. The topological polar surface area (TPSA) is 38.1 Å². The van der Waals surface area contributed by atoms with E-state index < -0.39 is 0 Å². The Morgan fingerprint density at radius 2 is 1.84 bits per heavy atom. The van der Waals surface area contributed by atoms with Crippen LogP contribution in [0.5, 0.6) is 0 Å². The van der Waals surface area contributed by atoms with Gasteiger partial charge in [-0.3, -0.25) is 0 Å². The van der Waals surface area contributed by atoms with E-state index in [1.165, 1.54) is 0 Å². The Morgan fingerprint density at radius 3 is 2.37 bits per heavy atom. The van der Waals surface area contributed by atoms with Crippen molar-refractivity contribution in [1.29, 1.82) is 0 Å². The van der Waals surface area contributed by atoms with Crippen LogP contribution >= 0.6 is 0 Å². The summed E-state index contributed by atoms with van der Waals surface area (Å²) in [4.78, 5) is 4.36. The van der Waals surface area contributed by atoms with Crippen molar-refractivity contribution in [3.8, 4) is 0 Å². The normalized spacial score (nSPS) is 14.7. The molecule has 0 fully saturated rings. The van der Waals surface area contributed by atoms with Gasteiger partial charge >= 0.3 is 0 Å². The zero-order valence-electron chi connectivity index (χ0n) is 13.6. The van der Waals surface area contributed by atoms with Crippen molar-refractivity contribution in [2.24, 2.45) is 11.3 Å². The van der Waals surface area contributed by atoms with Gasteiger partial charge in [-0.25, -0.2) is 4.98 Å². The van der Waals surface area contributed by atoms with Gasteiger partial charge in [-0.2, -0.15) is 0 Å². The Hall–Kier alpha value is -0.830. The fraction of sp³-hybridized carbons (Fsp3) is 0.812. The average molecular weight is 266 g/mol. The van der Waals surface area contributed by atoms with E-state index in [9.17, 15) is 0 Å². The van der Waals surface area contributed by atoms with Gasteiger partial charge in [0.1, 0.15) is 5.76 Å². The molecule has 0 aliphatic heterocycles. The Labute approximate surface area is 118 Å². The van der Waals surface area contributed by atoms with Crippen LogP contribution in [-0.4, -0.2) is 17.1 Å². The molecular formula is C16H30N2O. The van der Waals surface area contributed by atoms with Crippen molar-refractivity contribution in [1.82, 2.24) is 10.3 Å². The van der Waals surface area contributed by atoms with Crippen LogP contribution in [0.2, 0.25) is 0 Å². The summed E-state index contributed by atoms with van der Waals surface area (Å²) in [5, 5.41) is 3.44. The van der Waals surface area contributed by atoms with E-state index in [0.717, 1.165) is 31.0 Å². The molecule has 0 amide bonds. The first-order chi connectivity index (χ1) is 8.58. The molecule has 0 aliphatic carbocycles. The maximum atomic E-state index is 5.81. The van der Waals surface area contributed by atoms with E-state index in [0.29, 0.717) is 11.3 Å². The standard InChI is InChI=1S/C16H30N2O/c1-12(15(2,3)4)10-13-11-17-14(19-13)8-9-18-16(5,6)7/h11-12,18H,8-10H2,1-7H3. The number of oxazole rings is 1. The minimum atomic E-state index is 0.149. The van der Waals surface area contributed by atoms with Gasteiger partial charge in [0.15, 0.2) is 5.89 Å². The first-order valence-corrected chi connectivity index (χ1v) is 7.26. The third-order valence-electron chi connectivity index (χ3n) is 3.58. The molecular weight excluding hydrogens is 236 g/mol.